The quantitative estimate of drug-likeness (QED) is 0.409. The minimum absolute atomic E-state index is 0.0102. The topological polar surface area (TPSA) is 37.4 Å². The molecule has 25 heavy (non-hydrogen) atoms. The van der Waals surface area contributed by atoms with E-state index in [1.807, 2.05) is 25.1 Å². The van der Waals surface area contributed by atoms with Gasteiger partial charge in [0.15, 0.2) is 10.1 Å². The number of halogens is 1. The second-order valence-electron chi connectivity index (χ2n) is 5.63. The molecule has 1 amide bonds. The minimum atomic E-state index is -0.160. The molecule has 2 aromatic carbocycles. The number of anilines is 1. The summed E-state index contributed by atoms with van der Waals surface area (Å²) in [5, 5.41) is 0.648. The zero-order valence-corrected chi connectivity index (χ0v) is 16.0. The number of benzene rings is 2. The normalized spacial score (nSPS) is 16.0. The predicted molar refractivity (Wildman–Crippen MR) is 108 cm³/mol. The van der Waals surface area contributed by atoms with E-state index in [1.54, 1.807) is 30.3 Å². The van der Waals surface area contributed by atoms with Gasteiger partial charge in [-0.2, -0.15) is 0 Å². The first-order valence-corrected chi connectivity index (χ1v) is 9.12. The first-order valence-electron chi connectivity index (χ1n) is 7.52. The Hall–Kier alpha value is -1.95. The lowest BCUT2D eigenvalue weighted by Gasteiger charge is -2.15. The molecule has 0 atom stereocenters. The van der Waals surface area contributed by atoms with Crippen molar-refractivity contribution >= 4 is 63.4 Å². The fourth-order valence-corrected chi connectivity index (χ4v) is 3.84. The van der Waals surface area contributed by atoms with Gasteiger partial charge in [-0.15, -0.1) is 0 Å². The van der Waals surface area contributed by atoms with Gasteiger partial charge in [-0.25, -0.2) is 0 Å². The molecule has 1 aliphatic heterocycles. The third-order valence-corrected chi connectivity index (χ3v) is 5.53. The van der Waals surface area contributed by atoms with Gasteiger partial charge in [-0.3, -0.25) is 14.5 Å². The summed E-state index contributed by atoms with van der Waals surface area (Å²) in [5.74, 6) is -0.150. The van der Waals surface area contributed by atoms with Crippen molar-refractivity contribution in [1.82, 2.24) is 0 Å². The maximum atomic E-state index is 12.8. The number of hydrogen-bond acceptors (Lipinski definition) is 4. The van der Waals surface area contributed by atoms with E-state index in [4.69, 9.17) is 23.8 Å². The number of carbonyl (C=O) groups is 2. The number of hydrogen-bond donors (Lipinski definition) is 0. The molecule has 0 N–H and O–H groups in total. The van der Waals surface area contributed by atoms with Crippen molar-refractivity contribution < 1.29 is 9.59 Å². The summed E-state index contributed by atoms with van der Waals surface area (Å²) in [7, 11) is 0. The number of carbonyl (C=O) groups excluding carboxylic acids is 2. The van der Waals surface area contributed by atoms with Gasteiger partial charge in [0.25, 0.3) is 5.91 Å². The molecular formula is C19H14ClNO2S2. The molecule has 3 nitrogen and oxygen atoms in total. The molecule has 126 valence electrons. The van der Waals surface area contributed by atoms with E-state index < -0.39 is 0 Å². The van der Waals surface area contributed by atoms with Crippen molar-refractivity contribution in [1.29, 1.82) is 0 Å². The van der Waals surface area contributed by atoms with E-state index in [9.17, 15) is 9.59 Å². The number of Topliss-reactive ketones (excluding diaryl/α,β-unsaturated/α-hetero) is 1. The zero-order valence-electron chi connectivity index (χ0n) is 13.6. The van der Waals surface area contributed by atoms with Crippen LogP contribution in [-0.4, -0.2) is 16.0 Å². The van der Waals surface area contributed by atoms with E-state index in [-0.39, 0.29) is 11.7 Å². The minimum Gasteiger partial charge on any atom is -0.295 e. The van der Waals surface area contributed by atoms with Crippen LogP contribution in [0.2, 0.25) is 5.02 Å². The summed E-state index contributed by atoms with van der Waals surface area (Å²) in [6.45, 7) is 3.41. The Morgan fingerprint density at radius 1 is 1.20 bits per heavy atom. The monoisotopic (exact) mass is 387 g/mol. The smallest absolute Gasteiger partial charge is 0.270 e. The van der Waals surface area contributed by atoms with Gasteiger partial charge >= 0.3 is 0 Å². The summed E-state index contributed by atoms with van der Waals surface area (Å²) >= 11 is 12.7. The van der Waals surface area contributed by atoms with E-state index >= 15 is 0 Å². The van der Waals surface area contributed by atoms with Crippen molar-refractivity contribution in [2.24, 2.45) is 0 Å². The van der Waals surface area contributed by atoms with Gasteiger partial charge in [0.1, 0.15) is 0 Å². The fourth-order valence-electron chi connectivity index (χ4n) is 2.42. The molecule has 0 spiro atoms. The molecule has 0 unspecified atom stereocenters. The lowest BCUT2D eigenvalue weighted by atomic mass is 10.1. The number of ketones is 1. The van der Waals surface area contributed by atoms with Crippen molar-refractivity contribution in [3.8, 4) is 0 Å². The van der Waals surface area contributed by atoms with Gasteiger partial charge in [0.2, 0.25) is 0 Å². The number of rotatable bonds is 3. The molecule has 6 heteroatoms. The Kier molecular flexibility index (Phi) is 5.08. The molecule has 0 radical (unpaired) electrons. The van der Waals surface area contributed by atoms with Crippen LogP contribution in [0.5, 0.6) is 0 Å². The Morgan fingerprint density at radius 3 is 2.48 bits per heavy atom. The third kappa shape index (κ3) is 3.68. The van der Waals surface area contributed by atoms with Gasteiger partial charge in [-0.05, 0) is 49.2 Å². The summed E-state index contributed by atoms with van der Waals surface area (Å²) in [6, 6.07) is 12.5. The van der Waals surface area contributed by atoms with Crippen molar-refractivity contribution in [2.75, 3.05) is 4.90 Å². The van der Waals surface area contributed by atoms with Crippen molar-refractivity contribution in [3.63, 3.8) is 0 Å². The Balaban J connectivity index is 1.90. The van der Waals surface area contributed by atoms with E-state index in [1.165, 1.54) is 23.6 Å². The maximum absolute atomic E-state index is 12.8. The van der Waals surface area contributed by atoms with E-state index in [0.717, 1.165) is 11.1 Å². The second-order valence-corrected chi connectivity index (χ2v) is 7.71. The molecule has 1 fully saturated rings. The van der Waals surface area contributed by atoms with Crippen LogP contribution >= 0.6 is 35.6 Å². The molecule has 3 rings (SSSR count). The third-order valence-electron chi connectivity index (χ3n) is 3.81. The zero-order chi connectivity index (χ0) is 18.1. The van der Waals surface area contributed by atoms with Crippen LogP contribution in [0.25, 0.3) is 6.08 Å². The summed E-state index contributed by atoms with van der Waals surface area (Å²) in [6.07, 6.45) is 1.78. The molecule has 0 aromatic heterocycles. The number of thioether (sulfide) groups is 1. The van der Waals surface area contributed by atoms with Crippen LogP contribution in [0.15, 0.2) is 47.4 Å². The summed E-state index contributed by atoms with van der Waals surface area (Å²) < 4.78 is 0.485. The molecule has 1 heterocycles. The highest BCUT2D eigenvalue weighted by Crippen LogP contribution is 2.37. The SMILES string of the molecule is CC(=O)c1ccc(/C=C2\SC(=S)N(c3ccc(Cl)c(C)c3)C2=O)cc1. The lowest BCUT2D eigenvalue weighted by Crippen LogP contribution is -2.27. The van der Waals surface area contributed by atoms with Crippen molar-refractivity contribution in [2.45, 2.75) is 13.8 Å². The van der Waals surface area contributed by atoms with Crippen LogP contribution in [-0.2, 0) is 4.79 Å². The first kappa shape index (κ1) is 17.9. The van der Waals surface area contributed by atoms with Gasteiger partial charge < -0.3 is 0 Å². The molecule has 2 aromatic rings. The largest absolute Gasteiger partial charge is 0.295 e. The molecule has 0 aliphatic carbocycles. The predicted octanol–water partition coefficient (Wildman–Crippen LogP) is 5.26. The highest BCUT2D eigenvalue weighted by Gasteiger charge is 2.33. The molecule has 1 aliphatic rings. The van der Waals surface area contributed by atoms with Crippen LogP contribution in [0, 0.1) is 6.92 Å². The molecular weight excluding hydrogens is 374 g/mol. The highest BCUT2D eigenvalue weighted by atomic mass is 35.5. The van der Waals surface area contributed by atoms with Gasteiger partial charge in [-0.1, -0.05) is 59.8 Å². The number of thiocarbonyl (C=S) groups is 1. The average Bonchev–Trinajstić information content (AvgIpc) is 2.85. The van der Waals surface area contributed by atoms with Gasteiger partial charge in [0, 0.05) is 10.6 Å². The maximum Gasteiger partial charge on any atom is 0.270 e. The Labute approximate surface area is 160 Å². The van der Waals surface area contributed by atoms with Crippen molar-refractivity contribution in [3.05, 3.63) is 69.1 Å². The Morgan fingerprint density at radius 2 is 1.88 bits per heavy atom. The molecule has 0 bridgehead atoms. The standard InChI is InChI=1S/C19H14ClNO2S2/c1-11-9-15(7-8-16(11)20)21-18(23)17(25-19(21)24)10-13-3-5-14(6-4-13)12(2)22/h3-10H,1-2H3/b17-10-. The van der Waals surface area contributed by atoms with Crippen LogP contribution in [0.4, 0.5) is 5.69 Å². The van der Waals surface area contributed by atoms with E-state index in [0.29, 0.717) is 25.5 Å². The number of aryl methyl sites for hydroxylation is 1. The average molecular weight is 388 g/mol. The Bertz CT molecular complexity index is 920. The first-order chi connectivity index (χ1) is 11.9. The summed E-state index contributed by atoms with van der Waals surface area (Å²) in [5.41, 5.74) is 3.08. The summed E-state index contributed by atoms with van der Waals surface area (Å²) in [4.78, 5) is 26.2. The second kappa shape index (κ2) is 7.12. The highest BCUT2D eigenvalue weighted by molar-refractivity contribution is 8.27. The fraction of sp³-hybridized carbons (Fsp3) is 0.105. The van der Waals surface area contributed by atoms with E-state index in [2.05, 4.69) is 0 Å². The number of nitrogens with zero attached hydrogens (tertiary/aromatic N) is 1. The van der Waals surface area contributed by atoms with Gasteiger partial charge in [0.05, 0.1) is 10.6 Å². The molecule has 0 saturated carbocycles. The van der Waals surface area contributed by atoms with Crippen LogP contribution < -0.4 is 4.90 Å². The number of amides is 1. The van der Waals surface area contributed by atoms with Crippen LogP contribution in [0.1, 0.15) is 28.4 Å². The lowest BCUT2D eigenvalue weighted by molar-refractivity contribution is -0.113. The van der Waals surface area contributed by atoms with Crippen LogP contribution in [0.3, 0.4) is 0 Å². The molecule has 1 saturated heterocycles.